The van der Waals surface area contributed by atoms with Crippen LogP contribution in [0.2, 0.25) is 0 Å². The molecule has 0 bridgehead atoms. The monoisotopic (exact) mass is 344 g/mol. The number of fused-ring (bicyclic) bond motifs is 1. The van der Waals surface area contributed by atoms with Gasteiger partial charge in [0.05, 0.1) is 5.69 Å². The molecule has 1 aliphatic rings. The smallest absolute Gasteiger partial charge is 0.475 e. The first kappa shape index (κ1) is 18.2. The van der Waals surface area contributed by atoms with Crippen LogP contribution in [0.15, 0.2) is 30.6 Å². The first-order valence-electron chi connectivity index (χ1n) is 7.46. The van der Waals surface area contributed by atoms with E-state index in [1.807, 2.05) is 24.4 Å². The number of piperidine rings is 1. The molecule has 0 unspecified atom stereocenters. The molecule has 1 fully saturated rings. The molecule has 0 aliphatic carbocycles. The lowest BCUT2D eigenvalue weighted by molar-refractivity contribution is -0.192. The molecule has 3 rings (SSSR count). The molecule has 0 saturated carbocycles. The van der Waals surface area contributed by atoms with Gasteiger partial charge in [-0.1, -0.05) is 6.07 Å². The molecule has 2 aromatic heterocycles. The van der Waals surface area contributed by atoms with Crippen LogP contribution in [0.25, 0.3) is 5.65 Å². The van der Waals surface area contributed by atoms with E-state index in [4.69, 9.17) is 15.6 Å². The Morgan fingerprint density at radius 3 is 2.50 bits per heavy atom. The second kappa shape index (κ2) is 7.63. The van der Waals surface area contributed by atoms with Gasteiger partial charge in [0, 0.05) is 38.1 Å². The molecular weight excluding hydrogens is 325 g/mol. The van der Waals surface area contributed by atoms with E-state index in [-0.39, 0.29) is 0 Å². The molecule has 24 heavy (non-hydrogen) atoms. The van der Waals surface area contributed by atoms with Gasteiger partial charge in [-0.3, -0.25) is 4.90 Å². The number of halogens is 3. The molecule has 3 heterocycles. The predicted molar refractivity (Wildman–Crippen MR) is 81.4 cm³/mol. The fourth-order valence-corrected chi connectivity index (χ4v) is 2.40. The van der Waals surface area contributed by atoms with Crippen LogP contribution in [0.5, 0.6) is 0 Å². The first-order valence-corrected chi connectivity index (χ1v) is 7.46. The summed E-state index contributed by atoms with van der Waals surface area (Å²) in [6.45, 7) is 3.12. The van der Waals surface area contributed by atoms with Crippen molar-refractivity contribution in [3.05, 3.63) is 36.3 Å². The highest BCUT2D eigenvalue weighted by molar-refractivity contribution is 5.73. The van der Waals surface area contributed by atoms with Gasteiger partial charge in [-0.25, -0.2) is 9.78 Å². The quantitative estimate of drug-likeness (QED) is 0.869. The number of rotatable bonds is 2. The van der Waals surface area contributed by atoms with Crippen molar-refractivity contribution in [2.75, 3.05) is 13.1 Å². The van der Waals surface area contributed by atoms with Gasteiger partial charge in [0.15, 0.2) is 0 Å². The van der Waals surface area contributed by atoms with Crippen molar-refractivity contribution in [1.29, 1.82) is 0 Å². The van der Waals surface area contributed by atoms with E-state index in [0.717, 1.165) is 43.8 Å². The zero-order valence-electron chi connectivity index (χ0n) is 12.9. The molecule has 2 aromatic rings. The molecule has 0 spiro atoms. The zero-order valence-corrected chi connectivity index (χ0v) is 12.9. The summed E-state index contributed by atoms with van der Waals surface area (Å²) in [5, 5.41) is 7.12. The van der Waals surface area contributed by atoms with Gasteiger partial charge >= 0.3 is 12.1 Å². The number of alkyl halides is 3. The molecule has 0 atom stereocenters. The highest BCUT2D eigenvalue weighted by Crippen LogP contribution is 2.13. The molecule has 0 aromatic carbocycles. The van der Waals surface area contributed by atoms with Crippen molar-refractivity contribution in [2.24, 2.45) is 5.73 Å². The Labute approximate surface area is 136 Å². The summed E-state index contributed by atoms with van der Waals surface area (Å²) >= 11 is 0. The largest absolute Gasteiger partial charge is 0.490 e. The third-order valence-electron chi connectivity index (χ3n) is 3.67. The van der Waals surface area contributed by atoms with E-state index < -0.39 is 12.1 Å². The van der Waals surface area contributed by atoms with Crippen LogP contribution in [-0.2, 0) is 11.3 Å². The minimum absolute atomic E-state index is 0.396. The topological polar surface area (TPSA) is 83.9 Å². The molecule has 9 heteroatoms. The SMILES string of the molecule is NC1CCN(Cc2cn3ccccc3n2)CC1.O=C(O)C(F)(F)F. The molecule has 0 amide bonds. The molecule has 132 valence electrons. The summed E-state index contributed by atoms with van der Waals surface area (Å²) in [6.07, 6.45) is 1.28. The van der Waals surface area contributed by atoms with Crippen molar-refractivity contribution in [3.8, 4) is 0 Å². The number of hydrogen-bond donors (Lipinski definition) is 2. The number of pyridine rings is 1. The molecule has 3 N–H and O–H groups in total. The summed E-state index contributed by atoms with van der Waals surface area (Å²) in [5.41, 5.74) is 8.07. The van der Waals surface area contributed by atoms with Crippen LogP contribution in [0.3, 0.4) is 0 Å². The van der Waals surface area contributed by atoms with E-state index in [1.165, 1.54) is 0 Å². The third kappa shape index (κ3) is 5.20. The summed E-state index contributed by atoms with van der Waals surface area (Å²) < 4.78 is 33.8. The zero-order chi connectivity index (χ0) is 17.7. The van der Waals surface area contributed by atoms with Crippen molar-refractivity contribution in [2.45, 2.75) is 31.6 Å². The lowest BCUT2D eigenvalue weighted by atomic mass is 10.1. The van der Waals surface area contributed by atoms with Gasteiger partial charge in [0.1, 0.15) is 5.65 Å². The van der Waals surface area contributed by atoms with Crippen LogP contribution in [0.1, 0.15) is 18.5 Å². The number of likely N-dealkylation sites (tertiary alicyclic amines) is 1. The van der Waals surface area contributed by atoms with Crippen molar-refractivity contribution >= 4 is 11.6 Å². The minimum atomic E-state index is -5.08. The maximum atomic E-state index is 10.6. The van der Waals surface area contributed by atoms with Crippen LogP contribution in [0.4, 0.5) is 13.2 Å². The van der Waals surface area contributed by atoms with Crippen LogP contribution < -0.4 is 5.73 Å². The number of nitrogens with zero attached hydrogens (tertiary/aromatic N) is 3. The normalized spacial score (nSPS) is 16.7. The molecule has 0 radical (unpaired) electrons. The van der Waals surface area contributed by atoms with E-state index >= 15 is 0 Å². The van der Waals surface area contributed by atoms with E-state index in [9.17, 15) is 13.2 Å². The van der Waals surface area contributed by atoms with Gasteiger partial charge in [-0.15, -0.1) is 0 Å². The first-order chi connectivity index (χ1) is 11.3. The lowest BCUT2D eigenvalue weighted by Crippen LogP contribution is -2.39. The van der Waals surface area contributed by atoms with Gasteiger partial charge in [0.25, 0.3) is 0 Å². The number of imidazole rings is 1. The Morgan fingerprint density at radius 2 is 1.96 bits per heavy atom. The number of carbonyl (C=O) groups is 1. The summed E-state index contributed by atoms with van der Waals surface area (Å²) in [4.78, 5) is 15.9. The Balaban J connectivity index is 0.000000256. The predicted octanol–water partition coefficient (Wildman–Crippen LogP) is 1.89. The maximum absolute atomic E-state index is 10.6. The summed E-state index contributed by atoms with van der Waals surface area (Å²) in [5.74, 6) is -2.76. The number of hydrogen-bond acceptors (Lipinski definition) is 4. The number of aromatic nitrogens is 2. The van der Waals surface area contributed by atoms with Crippen LogP contribution in [-0.4, -0.2) is 50.7 Å². The standard InChI is InChI=1S/C13H18N4.C2HF3O2/c14-11-4-7-16(8-5-11)9-12-10-17-6-2-1-3-13(17)15-12;3-2(4,5)1(6)7/h1-3,6,10-11H,4-5,7-9,14H2;(H,6,7). The lowest BCUT2D eigenvalue weighted by Gasteiger charge is -2.29. The number of aliphatic carboxylic acids is 1. The molecule has 1 saturated heterocycles. The fourth-order valence-electron chi connectivity index (χ4n) is 2.40. The highest BCUT2D eigenvalue weighted by atomic mass is 19.4. The van der Waals surface area contributed by atoms with Crippen LogP contribution in [0, 0.1) is 0 Å². The van der Waals surface area contributed by atoms with Crippen molar-refractivity contribution in [1.82, 2.24) is 14.3 Å². The fraction of sp³-hybridized carbons (Fsp3) is 0.467. The second-order valence-electron chi connectivity index (χ2n) is 5.61. The average Bonchev–Trinajstić information content (AvgIpc) is 2.91. The van der Waals surface area contributed by atoms with Crippen LogP contribution >= 0.6 is 0 Å². The van der Waals surface area contributed by atoms with E-state index in [0.29, 0.717) is 6.04 Å². The Bertz CT molecular complexity index is 646. The second-order valence-corrected chi connectivity index (χ2v) is 5.61. The summed E-state index contributed by atoms with van der Waals surface area (Å²) in [6, 6.07) is 6.48. The maximum Gasteiger partial charge on any atom is 0.490 e. The average molecular weight is 344 g/mol. The van der Waals surface area contributed by atoms with Crippen molar-refractivity contribution < 1.29 is 23.1 Å². The Kier molecular flexibility index (Phi) is 5.79. The highest BCUT2D eigenvalue weighted by Gasteiger charge is 2.38. The van der Waals surface area contributed by atoms with Crippen molar-refractivity contribution in [3.63, 3.8) is 0 Å². The number of carboxylic acid groups (broad SMARTS) is 1. The molecular formula is C15H19F3N4O2. The Morgan fingerprint density at radius 1 is 1.33 bits per heavy atom. The van der Waals surface area contributed by atoms with Gasteiger partial charge in [-0.2, -0.15) is 13.2 Å². The van der Waals surface area contributed by atoms with E-state index in [2.05, 4.69) is 20.5 Å². The Hall–Kier alpha value is -2.13. The van der Waals surface area contributed by atoms with Gasteiger partial charge < -0.3 is 15.2 Å². The number of carboxylic acids is 1. The third-order valence-corrected chi connectivity index (χ3v) is 3.67. The minimum Gasteiger partial charge on any atom is -0.475 e. The van der Waals surface area contributed by atoms with Gasteiger partial charge in [0.2, 0.25) is 0 Å². The molecule has 6 nitrogen and oxygen atoms in total. The summed E-state index contributed by atoms with van der Waals surface area (Å²) in [7, 11) is 0. The van der Waals surface area contributed by atoms with E-state index in [1.54, 1.807) is 0 Å². The van der Waals surface area contributed by atoms with Gasteiger partial charge in [-0.05, 0) is 25.0 Å². The molecule has 1 aliphatic heterocycles. The number of nitrogens with two attached hydrogens (primary N) is 1.